The lowest BCUT2D eigenvalue weighted by atomic mass is 10.3. The van der Waals surface area contributed by atoms with E-state index >= 15 is 0 Å². The zero-order valence-electron chi connectivity index (χ0n) is 8.62. The Kier molecular flexibility index (Phi) is 3.01. The Hall–Kier alpha value is -1.06. The van der Waals surface area contributed by atoms with Gasteiger partial charge in [0.2, 0.25) is 0 Å². The average Bonchev–Trinajstić information content (AvgIpc) is 2.79. The average molecular weight is 195 g/mol. The third-order valence-corrected chi connectivity index (χ3v) is 2.62. The molecule has 1 aliphatic rings. The fourth-order valence-corrected chi connectivity index (χ4v) is 1.88. The molecule has 1 fully saturated rings. The van der Waals surface area contributed by atoms with Gasteiger partial charge in [-0.15, -0.1) is 0 Å². The van der Waals surface area contributed by atoms with Crippen molar-refractivity contribution in [3.63, 3.8) is 0 Å². The van der Waals surface area contributed by atoms with Crippen molar-refractivity contribution in [1.29, 1.82) is 0 Å². The van der Waals surface area contributed by atoms with Crippen LogP contribution in [0, 0.1) is 0 Å². The Balaban J connectivity index is 1.88. The van der Waals surface area contributed by atoms with E-state index < -0.39 is 0 Å². The van der Waals surface area contributed by atoms with Crippen molar-refractivity contribution in [3.8, 4) is 0 Å². The van der Waals surface area contributed by atoms with Crippen molar-refractivity contribution in [3.05, 3.63) is 5.82 Å². The first-order chi connectivity index (χ1) is 6.88. The number of anilines is 1. The van der Waals surface area contributed by atoms with Gasteiger partial charge in [0, 0.05) is 12.5 Å². The maximum absolute atomic E-state index is 5.11. The number of hydrogen-bond donors (Lipinski definition) is 1. The summed E-state index contributed by atoms with van der Waals surface area (Å²) in [5.74, 6) is 0.813. The van der Waals surface area contributed by atoms with Gasteiger partial charge in [0.15, 0.2) is 5.82 Å². The van der Waals surface area contributed by atoms with E-state index in [1.807, 2.05) is 0 Å². The Morgan fingerprint density at radius 3 is 2.93 bits per heavy atom. The summed E-state index contributed by atoms with van der Waals surface area (Å²) in [4.78, 5) is 4.27. The molecular weight excluding hydrogens is 178 g/mol. The fourth-order valence-electron chi connectivity index (χ4n) is 1.88. The molecule has 0 aliphatic heterocycles. The predicted octanol–water partition coefficient (Wildman–Crippen LogP) is 2.38. The highest BCUT2D eigenvalue weighted by molar-refractivity contribution is 5.20. The van der Waals surface area contributed by atoms with Gasteiger partial charge in [-0.1, -0.05) is 24.9 Å². The highest BCUT2D eigenvalue weighted by Gasteiger charge is 2.17. The predicted molar refractivity (Wildman–Crippen MR) is 54.2 cm³/mol. The van der Waals surface area contributed by atoms with Gasteiger partial charge in [-0.25, -0.2) is 0 Å². The van der Waals surface area contributed by atoms with Crippen LogP contribution in [-0.4, -0.2) is 16.2 Å². The molecule has 1 heterocycles. The molecule has 0 spiro atoms. The quantitative estimate of drug-likeness (QED) is 0.801. The fraction of sp³-hybridized carbons (Fsp3) is 0.800. The largest absolute Gasteiger partial charge is 0.335 e. The van der Waals surface area contributed by atoms with Crippen molar-refractivity contribution < 1.29 is 4.52 Å². The molecule has 0 unspecified atom stereocenters. The second-order valence-corrected chi connectivity index (χ2v) is 3.89. The summed E-state index contributed by atoms with van der Waals surface area (Å²) in [5.41, 5.74) is 0. The molecule has 4 nitrogen and oxygen atoms in total. The van der Waals surface area contributed by atoms with E-state index in [0.29, 0.717) is 12.1 Å². The van der Waals surface area contributed by atoms with Crippen molar-refractivity contribution >= 4 is 6.01 Å². The second-order valence-electron chi connectivity index (χ2n) is 3.89. The summed E-state index contributed by atoms with van der Waals surface area (Å²) in [6, 6.07) is 1.14. The Morgan fingerprint density at radius 1 is 1.43 bits per heavy atom. The molecule has 1 aromatic heterocycles. The van der Waals surface area contributed by atoms with Crippen LogP contribution in [-0.2, 0) is 6.42 Å². The normalized spacial score (nSPS) is 17.5. The summed E-state index contributed by atoms with van der Waals surface area (Å²) >= 11 is 0. The van der Waals surface area contributed by atoms with Crippen LogP contribution in [0.15, 0.2) is 4.52 Å². The SMILES string of the molecule is CCCc1noc(NC2CCCC2)n1. The molecule has 4 heteroatoms. The van der Waals surface area contributed by atoms with Crippen LogP contribution in [0.4, 0.5) is 6.01 Å². The molecule has 78 valence electrons. The highest BCUT2D eigenvalue weighted by Crippen LogP contribution is 2.21. The van der Waals surface area contributed by atoms with Gasteiger partial charge in [0.25, 0.3) is 0 Å². The zero-order valence-corrected chi connectivity index (χ0v) is 8.62. The molecule has 1 aliphatic carbocycles. The maximum atomic E-state index is 5.11. The molecule has 0 amide bonds. The summed E-state index contributed by atoms with van der Waals surface area (Å²) in [5, 5.41) is 7.18. The number of aryl methyl sites for hydroxylation is 1. The Morgan fingerprint density at radius 2 is 2.21 bits per heavy atom. The Labute approximate surface area is 84.1 Å². The number of hydrogen-bond acceptors (Lipinski definition) is 4. The first-order valence-corrected chi connectivity index (χ1v) is 5.47. The van der Waals surface area contributed by atoms with Crippen LogP contribution in [0.2, 0.25) is 0 Å². The van der Waals surface area contributed by atoms with Crippen LogP contribution < -0.4 is 5.32 Å². The molecular formula is C10H17N3O. The molecule has 1 aromatic rings. The molecule has 0 atom stereocenters. The smallest absolute Gasteiger partial charge is 0.321 e. The van der Waals surface area contributed by atoms with E-state index in [0.717, 1.165) is 18.7 Å². The minimum absolute atomic E-state index is 0.546. The molecule has 14 heavy (non-hydrogen) atoms. The summed E-state index contributed by atoms with van der Waals surface area (Å²) < 4.78 is 5.11. The minimum Gasteiger partial charge on any atom is -0.335 e. The molecule has 1 N–H and O–H groups in total. The standard InChI is InChI=1S/C10H17N3O/c1-2-5-9-12-10(14-13-9)11-8-6-3-4-7-8/h8H,2-7H2,1H3,(H,11,12,13). The lowest BCUT2D eigenvalue weighted by molar-refractivity contribution is 0.418. The van der Waals surface area contributed by atoms with E-state index in [2.05, 4.69) is 22.4 Å². The zero-order chi connectivity index (χ0) is 9.80. The molecule has 0 aromatic carbocycles. The van der Waals surface area contributed by atoms with Gasteiger partial charge in [-0.05, 0) is 19.3 Å². The van der Waals surface area contributed by atoms with Gasteiger partial charge in [0.1, 0.15) is 0 Å². The lowest BCUT2D eigenvalue weighted by Crippen LogP contribution is -2.14. The van der Waals surface area contributed by atoms with E-state index in [1.54, 1.807) is 0 Å². The number of rotatable bonds is 4. The topological polar surface area (TPSA) is 51.0 Å². The lowest BCUT2D eigenvalue weighted by Gasteiger charge is -2.07. The summed E-state index contributed by atoms with van der Waals surface area (Å²) in [7, 11) is 0. The molecule has 1 saturated carbocycles. The van der Waals surface area contributed by atoms with Gasteiger partial charge >= 0.3 is 6.01 Å². The number of aromatic nitrogens is 2. The van der Waals surface area contributed by atoms with Crippen LogP contribution in [0.1, 0.15) is 44.9 Å². The van der Waals surface area contributed by atoms with Crippen molar-refractivity contribution in [2.75, 3.05) is 5.32 Å². The maximum Gasteiger partial charge on any atom is 0.321 e. The van der Waals surface area contributed by atoms with Gasteiger partial charge < -0.3 is 9.84 Å². The third kappa shape index (κ3) is 2.25. The van der Waals surface area contributed by atoms with Crippen LogP contribution in [0.5, 0.6) is 0 Å². The van der Waals surface area contributed by atoms with Gasteiger partial charge in [-0.2, -0.15) is 4.98 Å². The van der Waals surface area contributed by atoms with Crippen LogP contribution in [0.25, 0.3) is 0 Å². The van der Waals surface area contributed by atoms with Gasteiger partial charge in [-0.3, -0.25) is 0 Å². The molecule has 2 rings (SSSR count). The van der Waals surface area contributed by atoms with Crippen LogP contribution >= 0.6 is 0 Å². The van der Waals surface area contributed by atoms with E-state index in [-0.39, 0.29) is 0 Å². The first kappa shape index (κ1) is 9.49. The minimum atomic E-state index is 0.546. The number of nitrogens with one attached hydrogen (secondary N) is 1. The van der Waals surface area contributed by atoms with Crippen LogP contribution in [0.3, 0.4) is 0 Å². The number of nitrogens with zero attached hydrogens (tertiary/aromatic N) is 2. The summed E-state index contributed by atoms with van der Waals surface area (Å²) in [6.45, 7) is 2.11. The molecule has 0 saturated heterocycles. The Bertz CT molecular complexity index is 279. The monoisotopic (exact) mass is 195 g/mol. The van der Waals surface area contributed by atoms with E-state index in [4.69, 9.17) is 4.52 Å². The van der Waals surface area contributed by atoms with Crippen molar-refractivity contribution in [2.45, 2.75) is 51.5 Å². The third-order valence-electron chi connectivity index (χ3n) is 2.62. The molecule has 0 bridgehead atoms. The first-order valence-electron chi connectivity index (χ1n) is 5.47. The van der Waals surface area contributed by atoms with E-state index in [9.17, 15) is 0 Å². The van der Waals surface area contributed by atoms with Crippen molar-refractivity contribution in [1.82, 2.24) is 10.1 Å². The molecule has 0 radical (unpaired) electrons. The van der Waals surface area contributed by atoms with Crippen molar-refractivity contribution in [2.24, 2.45) is 0 Å². The van der Waals surface area contributed by atoms with E-state index in [1.165, 1.54) is 25.7 Å². The van der Waals surface area contributed by atoms with Gasteiger partial charge in [0.05, 0.1) is 0 Å². The summed E-state index contributed by atoms with van der Waals surface area (Å²) in [6.07, 6.45) is 7.04. The second kappa shape index (κ2) is 4.44. The highest BCUT2D eigenvalue weighted by atomic mass is 16.5.